The van der Waals surface area contributed by atoms with Crippen molar-refractivity contribution < 1.29 is 23.9 Å². The van der Waals surface area contributed by atoms with Crippen LogP contribution in [0.3, 0.4) is 0 Å². The molecule has 1 spiro atoms. The highest BCUT2D eigenvalue weighted by Gasteiger charge is 2.54. The Balaban J connectivity index is 1.50. The number of benzene rings is 1. The number of pyridine rings is 1. The molecule has 0 radical (unpaired) electrons. The van der Waals surface area contributed by atoms with Crippen LogP contribution in [-0.2, 0) is 16.1 Å². The Hall–Kier alpha value is -3.75. The van der Waals surface area contributed by atoms with Crippen LogP contribution in [0, 0.1) is 0 Å². The van der Waals surface area contributed by atoms with E-state index in [1.165, 1.54) is 25.6 Å². The lowest BCUT2D eigenvalue weighted by Gasteiger charge is -2.42. The minimum Gasteiger partial charge on any atom is -0.465 e. The average Bonchev–Trinajstić information content (AvgIpc) is 3.03. The Morgan fingerprint density at radius 1 is 1.10 bits per heavy atom. The number of hydrogen-bond acceptors (Lipinski definition) is 6. The molecule has 0 atom stereocenters. The highest BCUT2D eigenvalue weighted by atomic mass is 16.5. The van der Waals surface area contributed by atoms with Crippen molar-refractivity contribution in [3.8, 4) is 0 Å². The molecule has 9 heteroatoms. The Kier molecular flexibility index (Phi) is 5.41. The molecule has 4 rings (SSSR count). The van der Waals surface area contributed by atoms with Crippen LogP contribution >= 0.6 is 0 Å². The van der Waals surface area contributed by atoms with E-state index in [-0.39, 0.29) is 22.9 Å². The molecule has 1 aromatic carbocycles. The first-order valence-electron chi connectivity index (χ1n) is 9.94. The second-order valence-electron chi connectivity index (χ2n) is 7.61. The highest BCUT2D eigenvalue weighted by Crippen LogP contribution is 2.35. The molecule has 2 aliphatic heterocycles. The first-order chi connectivity index (χ1) is 14.9. The lowest BCUT2D eigenvalue weighted by molar-refractivity contribution is -0.129. The lowest BCUT2D eigenvalue weighted by Crippen LogP contribution is -2.57. The van der Waals surface area contributed by atoms with Crippen LogP contribution in [0.2, 0.25) is 0 Å². The molecule has 2 saturated heterocycles. The Morgan fingerprint density at radius 3 is 2.45 bits per heavy atom. The van der Waals surface area contributed by atoms with E-state index in [1.54, 1.807) is 9.80 Å². The fourth-order valence-electron chi connectivity index (χ4n) is 4.13. The smallest absolute Gasteiger partial charge is 0.339 e. The summed E-state index contributed by atoms with van der Waals surface area (Å²) >= 11 is 0. The standard InChI is InChI=1S/C22H22N4O5/c1-31-19(28)17-11-16(12-23-13-17)18(27)25-9-7-22(8-10-25)20(29)24-21(30)26(22)14-15-5-3-2-4-6-15/h2-6,11-13H,7-10,14H2,1H3,(H,24,29,30). The van der Waals surface area contributed by atoms with Crippen molar-refractivity contribution in [1.82, 2.24) is 20.1 Å². The number of urea groups is 1. The van der Waals surface area contributed by atoms with Crippen molar-refractivity contribution in [2.24, 2.45) is 0 Å². The van der Waals surface area contributed by atoms with Crippen LogP contribution in [0.4, 0.5) is 4.79 Å². The van der Waals surface area contributed by atoms with Crippen LogP contribution in [0.1, 0.15) is 39.1 Å². The van der Waals surface area contributed by atoms with Crippen molar-refractivity contribution in [1.29, 1.82) is 0 Å². The summed E-state index contributed by atoms with van der Waals surface area (Å²) in [5.74, 6) is -1.18. The van der Waals surface area contributed by atoms with Crippen LogP contribution in [0.25, 0.3) is 0 Å². The normalized spacial score (nSPS) is 17.6. The predicted octanol–water partition coefficient (Wildman–Crippen LogP) is 1.59. The molecule has 4 amide bonds. The van der Waals surface area contributed by atoms with Gasteiger partial charge in [-0.3, -0.25) is 19.9 Å². The van der Waals surface area contributed by atoms with E-state index in [9.17, 15) is 19.2 Å². The zero-order chi connectivity index (χ0) is 22.0. The molecular weight excluding hydrogens is 400 g/mol. The minimum absolute atomic E-state index is 0.191. The molecule has 1 aromatic heterocycles. The Labute approximate surface area is 179 Å². The van der Waals surface area contributed by atoms with E-state index in [2.05, 4.69) is 15.0 Å². The van der Waals surface area contributed by atoms with Gasteiger partial charge in [0, 0.05) is 32.0 Å². The fraction of sp³-hybridized carbons (Fsp3) is 0.318. The summed E-state index contributed by atoms with van der Waals surface area (Å²) in [7, 11) is 1.26. The third kappa shape index (κ3) is 3.74. The van der Waals surface area contributed by atoms with Gasteiger partial charge in [0.1, 0.15) is 5.54 Å². The fourth-order valence-corrected chi connectivity index (χ4v) is 4.13. The quantitative estimate of drug-likeness (QED) is 0.592. The summed E-state index contributed by atoms with van der Waals surface area (Å²) < 4.78 is 4.68. The van der Waals surface area contributed by atoms with E-state index in [0.717, 1.165) is 5.56 Å². The van der Waals surface area contributed by atoms with Gasteiger partial charge in [0.25, 0.3) is 11.8 Å². The number of amides is 4. The van der Waals surface area contributed by atoms with Crippen LogP contribution in [0.5, 0.6) is 0 Å². The van der Waals surface area contributed by atoms with Gasteiger partial charge in [0.15, 0.2) is 0 Å². The summed E-state index contributed by atoms with van der Waals surface area (Å²) in [4.78, 5) is 57.0. The molecule has 3 heterocycles. The van der Waals surface area contributed by atoms with Crippen molar-refractivity contribution in [3.05, 3.63) is 65.5 Å². The highest BCUT2D eigenvalue weighted by molar-refractivity contribution is 6.07. The van der Waals surface area contributed by atoms with Crippen molar-refractivity contribution in [3.63, 3.8) is 0 Å². The van der Waals surface area contributed by atoms with E-state index < -0.39 is 17.5 Å². The van der Waals surface area contributed by atoms with Gasteiger partial charge in [-0.1, -0.05) is 30.3 Å². The first-order valence-corrected chi connectivity index (χ1v) is 9.94. The van der Waals surface area contributed by atoms with Crippen LogP contribution < -0.4 is 5.32 Å². The van der Waals surface area contributed by atoms with Crippen LogP contribution in [-0.4, -0.2) is 64.3 Å². The SMILES string of the molecule is COC(=O)c1cncc(C(=O)N2CCC3(CC2)C(=O)NC(=O)N3Cc2ccccc2)c1. The molecule has 2 fully saturated rings. The number of ether oxygens (including phenoxy) is 1. The molecule has 1 N–H and O–H groups in total. The van der Waals surface area contributed by atoms with Gasteiger partial charge < -0.3 is 14.5 Å². The van der Waals surface area contributed by atoms with Crippen molar-refractivity contribution >= 4 is 23.8 Å². The second-order valence-corrected chi connectivity index (χ2v) is 7.61. The number of esters is 1. The number of piperidine rings is 1. The molecule has 31 heavy (non-hydrogen) atoms. The number of carbonyl (C=O) groups is 4. The van der Waals surface area contributed by atoms with Gasteiger partial charge in [0.2, 0.25) is 0 Å². The lowest BCUT2D eigenvalue weighted by atomic mass is 9.85. The van der Waals surface area contributed by atoms with E-state index in [1.807, 2.05) is 30.3 Å². The Morgan fingerprint density at radius 2 is 1.77 bits per heavy atom. The topological polar surface area (TPSA) is 109 Å². The van der Waals surface area contributed by atoms with E-state index >= 15 is 0 Å². The minimum atomic E-state index is -0.976. The summed E-state index contributed by atoms with van der Waals surface area (Å²) in [6.07, 6.45) is 3.39. The molecule has 0 saturated carbocycles. The van der Waals surface area contributed by atoms with Gasteiger partial charge in [-0.05, 0) is 24.5 Å². The maximum atomic E-state index is 12.9. The number of nitrogens with zero attached hydrogens (tertiary/aromatic N) is 3. The maximum Gasteiger partial charge on any atom is 0.339 e. The molecule has 0 bridgehead atoms. The predicted molar refractivity (Wildman–Crippen MR) is 109 cm³/mol. The monoisotopic (exact) mass is 422 g/mol. The van der Waals surface area contributed by atoms with E-state index in [0.29, 0.717) is 32.5 Å². The largest absolute Gasteiger partial charge is 0.465 e. The van der Waals surface area contributed by atoms with Crippen molar-refractivity contribution in [2.45, 2.75) is 24.9 Å². The van der Waals surface area contributed by atoms with Crippen molar-refractivity contribution in [2.75, 3.05) is 20.2 Å². The van der Waals surface area contributed by atoms with Gasteiger partial charge in [0.05, 0.1) is 18.2 Å². The van der Waals surface area contributed by atoms with Crippen LogP contribution in [0.15, 0.2) is 48.8 Å². The number of rotatable bonds is 4. The molecule has 2 aliphatic rings. The number of nitrogens with one attached hydrogen (secondary N) is 1. The molecule has 2 aromatic rings. The summed E-state index contributed by atoms with van der Waals surface area (Å²) in [5.41, 5.74) is 0.412. The van der Waals surface area contributed by atoms with Gasteiger partial charge in [-0.2, -0.15) is 0 Å². The Bertz CT molecular complexity index is 1030. The summed E-state index contributed by atoms with van der Waals surface area (Å²) in [6.45, 7) is 0.915. The zero-order valence-corrected chi connectivity index (χ0v) is 17.0. The molecule has 0 unspecified atom stereocenters. The number of hydrogen-bond donors (Lipinski definition) is 1. The van der Waals surface area contributed by atoms with Gasteiger partial charge in [-0.25, -0.2) is 9.59 Å². The van der Waals surface area contributed by atoms with E-state index in [4.69, 9.17) is 0 Å². The first kappa shape index (κ1) is 20.5. The third-order valence-corrected chi connectivity index (χ3v) is 5.87. The third-order valence-electron chi connectivity index (χ3n) is 5.87. The van der Waals surface area contributed by atoms with Gasteiger partial charge >= 0.3 is 12.0 Å². The number of imide groups is 1. The molecule has 9 nitrogen and oxygen atoms in total. The number of carbonyl (C=O) groups excluding carboxylic acids is 4. The number of methoxy groups -OCH3 is 1. The summed E-state index contributed by atoms with van der Waals surface area (Å²) in [5, 5.41) is 2.43. The molecule has 160 valence electrons. The maximum absolute atomic E-state index is 12.9. The molecule has 0 aliphatic carbocycles. The van der Waals surface area contributed by atoms with Gasteiger partial charge in [-0.15, -0.1) is 0 Å². The average molecular weight is 422 g/mol. The number of likely N-dealkylation sites (tertiary alicyclic amines) is 1. The summed E-state index contributed by atoms with van der Waals surface area (Å²) in [6, 6.07) is 10.5. The zero-order valence-electron chi connectivity index (χ0n) is 17.0. The second kappa shape index (κ2) is 8.17. The number of aromatic nitrogens is 1. The molecular formula is C22H22N4O5.